The van der Waals surface area contributed by atoms with Crippen molar-refractivity contribution in [3.63, 3.8) is 0 Å². The number of amides is 2. The normalized spacial score (nSPS) is 15.1. The molecule has 1 unspecified atom stereocenters. The van der Waals surface area contributed by atoms with Crippen LogP contribution in [0.1, 0.15) is 41.8 Å². The first-order valence-corrected chi connectivity index (χ1v) is 14.4. The van der Waals surface area contributed by atoms with Gasteiger partial charge in [0.05, 0.1) is 18.3 Å². The van der Waals surface area contributed by atoms with Crippen molar-refractivity contribution in [3.8, 4) is 0 Å². The lowest BCUT2D eigenvalue weighted by Gasteiger charge is -2.38. The standard InChI is InChI=1S/C27H28Cl2N2O2S2/c1-2-3-13-30(26(33)18-35-20-7-5-4-6-8-20)17-25(32)31-14-11-24-22(12-15-34-24)27(31)21-10-9-19(28)16-23(21)29/h4-10,12,15-16,27H,2-3,11,13-14,17-18H2,1H3. The number of carbonyl (C=O) groups excluding carboxylic acids is 2. The van der Waals surface area contributed by atoms with Gasteiger partial charge in [0.2, 0.25) is 11.8 Å². The van der Waals surface area contributed by atoms with Crippen molar-refractivity contribution in [2.45, 2.75) is 37.1 Å². The maximum absolute atomic E-state index is 13.7. The van der Waals surface area contributed by atoms with Crippen LogP contribution in [-0.4, -0.2) is 47.0 Å². The third kappa shape index (κ3) is 6.42. The number of hydrogen-bond donors (Lipinski definition) is 0. The van der Waals surface area contributed by atoms with Crippen LogP contribution in [0.2, 0.25) is 10.0 Å². The lowest BCUT2D eigenvalue weighted by atomic mass is 9.93. The number of thioether (sulfide) groups is 1. The molecule has 2 aromatic carbocycles. The number of nitrogens with zero attached hydrogens (tertiary/aromatic N) is 2. The molecule has 8 heteroatoms. The fourth-order valence-electron chi connectivity index (χ4n) is 4.29. The quantitative estimate of drug-likeness (QED) is 0.272. The first kappa shape index (κ1) is 26.1. The first-order chi connectivity index (χ1) is 17.0. The molecule has 2 amide bonds. The Labute approximate surface area is 225 Å². The summed E-state index contributed by atoms with van der Waals surface area (Å²) >= 11 is 16.0. The molecule has 184 valence electrons. The van der Waals surface area contributed by atoms with Crippen LogP contribution in [-0.2, 0) is 16.0 Å². The largest absolute Gasteiger partial charge is 0.333 e. The summed E-state index contributed by atoms with van der Waals surface area (Å²) in [6, 6.07) is 17.1. The third-order valence-electron chi connectivity index (χ3n) is 6.11. The lowest BCUT2D eigenvalue weighted by molar-refractivity contribution is -0.140. The minimum Gasteiger partial charge on any atom is -0.333 e. The van der Waals surface area contributed by atoms with Crippen LogP contribution in [0.4, 0.5) is 0 Å². The van der Waals surface area contributed by atoms with Crippen LogP contribution >= 0.6 is 46.3 Å². The highest BCUT2D eigenvalue weighted by Crippen LogP contribution is 2.41. The summed E-state index contributed by atoms with van der Waals surface area (Å²) in [5, 5.41) is 3.16. The van der Waals surface area contributed by atoms with Crippen molar-refractivity contribution in [1.82, 2.24) is 9.80 Å². The van der Waals surface area contributed by atoms with Crippen LogP contribution in [0, 0.1) is 0 Å². The highest BCUT2D eigenvalue weighted by molar-refractivity contribution is 8.00. The van der Waals surface area contributed by atoms with Gasteiger partial charge in [-0.05, 0) is 59.7 Å². The molecule has 0 radical (unpaired) electrons. The maximum atomic E-state index is 13.7. The van der Waals surface area contributed by atoms with E-state index in [4.69, 9.17) is 23.2 Å². The fourth-order valence-corrected chi connectivity index (χ4v) is 6.53. The van der Waals surface area contributed by atoms with Crippen molar-refractivity contribution < 1.29 is 9.59 Å². The number of benzene rings is 2. The van der Waals surface area contributed by atoms with E-state index >= 15 is 0 Å². The van der Waals surface area contributed by atoms with Crippen LogP contribution in [0.15, 0.2) is 64.9 Å². The van der Waals surface area contributed by atoms with Crippen LogP contribution in [0.3, 0.4) is 0 Å². The van der Waals surface area contributed by atoms with E-state index in [1.165, 1.54) is 16.6 Å². The van der Waals surface area contributed by atoms with Gasteiger partial charge in [0.1, 0.15) is 0 Å². The zero-order valence-corrected chi connectivity index (χ0v) is 22.7. The molecule has 1 atom stereocenters. The van der Waals surface area contributed by atoms with Gasteiger partial charge in [-0.25, -0.2) is 0 Å². The molecule has 1 aliphatic rings. The number of carbonyl (C=O) groups is 2. The summed E-state index contributed by atoms with van der Waals surface area (Å²) in [5.41, 5.74) is 1.96. The first-order valence-electron chi connectivity index (χ1n) is 11.7. The summed E-state index contributed by atoms with van der Waals surface area (Å²) < 4.78 is 0. The minimum atomic E-state index is -0.288. The Morgan fingerprint density at radius 3 is 2.66 bits per heavy atom. The van der Waals surface area contributed by atoms with E-state index in [2.05, 4.69) is 18.4 Å². The molecular formula is C27H28Cl2N2O2S2. The van der Waals surface area contributed by atoms with Crippen molar-refractivity contribution in [1.29, 1.82) is 0 Å². The van der Waals surface area contributed by atoms with Crippen LogP contribution < -0.4 is 0 Å². The molecule has 4 nitrogen and oxygen atoms in total. The van der Waals surface area contributed by atoms with E-state index in [1.54, 1.807) is 22.3 Å². The Morgan fingerprint density at radius 2 is 1.91 bits per heavy atom. The number of fused-ring (bicyclic) bond motifs is 1. The second kappa shape index (κ2) is 12.3. The summed E-state index contributed by atoms with van der Waals surface area (Å²) in [5.74, 6) is 0.226. The SMILES string of the molecule is CCCCN(CC(=O)N1CCc2sccc2C1c1ccc(Cl)cc1Cl)C(=O)CSc1ccccc1. The van der Waals surface area contributed by atoms with Crippen molar-refractivity contribution >= 4 is 58.1 Å². The lowest BCUT2D eigenvalue weighted by Crippen LogP contribution is -2.47. The highest BCUT2D eigenvalue weighted by Gasteiger charge is 2.35. The molecule has 0 bridgehead atoms. The average Bonchev–Trinajstić information content (AvgIpc) is 3.34. The average molecular weight is 548 g/mol. The molecule has 3 aromatic rings. The monoisotopic (exact) mass is 546 g/mol. The summed E-state index contributed by atoms with van der Waals surface area (Å²) in [6.07, 6.45) is 2.61. The zero-order valence-electron chi connectivity index (χ0n) is 19.6. The molecule has 4 rings (SSSR count). The van der Waals surface area contributed by atoms with Gasteiger partial charge < -0.3 is 9.80 Å². The number of thiophene rings is 1. The molecule has 0 saturated heterocycles. The molecule has 0 aliphatic carbocycles. The van der Waals surface area contributed by atoms with E-state index < -0.39 is 0 Å². The van der Waals surface area contributed by atoms with E-state index in [0.29, 0.717) is 28.9 Å². The zero-order chi connectivity index (χ0) is 24.8. The summed E-state index contributed by atoms with van der Waals surface area (Å²) in [6.45, 7) is 3.31. The number of unbranched alkanes of at least 4 members (excludes halogenated alkanes) is 1. The molecule has 0 saturated carbocycles. The van der Waals surface area contributed by atoms with E-state index in [0.717, 1.165) is 35.3 Å². The summed E-state index contributed by atoms with van der Waals surface area (Å²) in [7, 11) is 0. The Balaban J connectivity index is 1.54. The van der Waals surface area contributed by atoms with Crippen LogP contribution in [0.5, 0.6) is 0 Å². The van der Waals surface area contributed by atoms with Crippen molar-refractivity contribution in [3.05, 3.63) is 86.0 Å². The predicted octanol–water partition coefficient (Wildman–Crippen LogP) is 6.95. The van der Waals surface area contributed by atoms with Gasteiger partial charge in [0.15, 0.2) is 0 Å². The maximum Gasteiger partial charge on any atom is 0.242 e. The Bertz CT molecular complexity index is 1170. The molecule has 0 spiro atoms. The van der Waals surface area contributed by atoms with Gasteiger partial charge in [-0.1, -0.05) is 60.8 Å². The van der Waals surface area contributed by atoms with Crippen LogP contribution in [0.25, 0.3) is 0 Å². The fraction of sp³-hybridized carbons (Fsp3) is 0.333. The van der Waals surface area contributed by atoms with Crippen molar-refractivity contribution in [2.75, 3.05) is 25.4 Å². The number of hydrogen-bond acceptors (Lipinski definition) is 4. The molecule has 2 heterocycles. The second-order valence-electron chi connectivity index (χ2n) is 8.48. The Hall–Kier alpha value is -1.99. The predicted molar refractivity (Wildman–Crippen MR) is 147 cm³/mol. The molecule has 0 N–H and O–H groups in total. The van der Waals surface area contributed by atoms with Gasteiger partial charge >= 0.3 is 0 Å². The third-order valence-corrected chi connectivity index (χ3v) is 8.66. The van der Waals surface area contributed by atoms with E-state index in [1.807, 2.05) is 47.4 Å². The highest BCUT2D eigenvalue weighted by atomic mass is 35.5. The number of halogens is 2. The molecule has 1 aliphatic heterocycles. The second-order valence-corrected chi connectivity index (χ2v) is 11.4. The van der Waals surface area contributed by atoms with Gasteiger partial charge in [0, 0.05) is 32.9 Å². The smallest absolute Gasteiger partial charge is 0.242 e. The Kier molecular flexibility index (Phi) is 9.17. The Morgan fingerprint density at radius 1 is 1.11 bits per heavy atom. The van der Waals surface area contributed by atoms with Gasteiger partial charge in [0.25, 0.3) is 0 Å². The van der Waals surface area contributed by atoms with E-state index in [9.17, 15) is 9.59 Å². The number of rotatable bonds is 9. The van der Waals surface area contributed by atoms with E-state index in [-0.39, 0.29) is 24.4 Å². The molecule has 1 aromatic heterocycles. The van der Waals surface area contributed by atoms with Gasteiger partial charge in [-0.2, -0.15) is 0 Å². The minimum absolute atomic E-state index is 0.0186. The molecular weight excluding hydrogens is 519 g/mol. The summed E-state index contributed by atoms with van der Waals surface area (Å²) in [4.78, 5) is 32.7. The molecule has 0 fully saturated rings. The van der Waals surface area contributed by atoms with Gasteiger partial charge in [-0.3, -0.25) is 9.59 Å². The topological polar surface area (TPSA) is 40.6 Å². The molecule has 35 heavy (non-hydrogen) atoms. The van der Waals surface area contributed by atoms with Crippen molar-refractivity contribution in [2.24, 2.45) is 0 Å². The van der Waals surface area contributed by atoms with Gasteiger partial charge in [-0.15, -0.1) is 23.1 Å².